The number of rotatable bonds is 4. The van der Waals surface area contributed by atoms with Gasteiger partial charge in [0.05, 0.1) is 18.3 Å². The molecule has 4 heteroatoms. The first-order valence-electron chi connectivity index (χ1n) is 6.19. The Bertz CT molecular complexity index is 654. The Hall–Kier alpha value is -2.23. The van der Waals surface area contributed by atoms with Crippen molar-refractivity contribution < 1.29 is 9.94 Å². The van der Waals surface area contributed by atoms with Crippen molar-refractivity contribution in [3.8, 4) is 5.75 Å². The van der Waals surface area contributed by atoms with Gasteiger partial charge in [0.25, 0.3) is 0 Å². The fourth-order valence-corrected chi connectivity index (χ4v) is 2.46. The number of hydrogen-bond acceptors (Lipinski definition) is 3. The van der Waals surface area contributed by atoms with Gasteiger partial charge in [-0.15, -0.1) is 0 Å². The largest absolute Gasteiger partial charge is 0.497 e. The second-order valence-electron chi connectivity index (χ2n) is 4.28. The highest BCUT2D eigenvalue weighted by Crippen LogP contribution is 2.30. The molecule has 0 unspecified atom stereocenters. The summed E-state index contributed by atoms with van der Waals surface area (Å²) in [4.78, 5) is 0. The minimum atomic E-state index is 0.576. The molecular formula is C15H18N2O2. The first-order valence-corrected chi connectivity index (χ1v) is 6.19. The van der Waals surface area contributed by atoms with Gasteiger partial charge in [0.2, 0.25) is 0 Å². The van der Waals surface area contributed by atoms with Crippen molar-refractivity contribution in [1.82, 2.24) is 4.57 Å². The van der Waals surface area contributed by atoms with Gasteiger partial charge in [-0.2, -0.15) is 0 Å². The Morgan fingerprint density at radius 1 is 1.53 bits per heavy atom. The van der Waals surface area contributed by atoms with E-state index in [1.165, 1.54) is 0 Å². The van der Waals surface area contributed by atoms with Crippen LogP contribution in [0.3, 0.4) is 0 Å². The van der Waals surface area contributed by atoms with E-state index in [-0.39, 0.29) is 0 Å². The van der Waals surface area contributed by atoms with Crippen LogP contribution in [0.2, 0.25) is 0 Å². The van der Waals surface area contributed by atoms with Crippen molar-refractivity contribution in [2.75, 3.05) is 7.11 Å². The second-order valence-corrected chi connectivity index (χ2v) is 4.28. The molecule has 0 aliphatic rings. The summed E-state index contributed by atoms with van der Waals surface area (Å²) < 4.78 is 7.37. The van der Waals surface area contributed by atoms with Crippen LogP contribution in [-0.4, -0.2) is 22.6 Å². The first-order chi connectivity index (χ1) is 9.17. The topological polar surface area (TPSA) is 46.8 Å². The molecule has 1 aromatic carbocycles. The van der Waals surface area contributed by atoms with E-state index in [0.29, 0.717) is 5.71 Å². The van der Waals surface area contributed by atoms with Gasteiger partial charge in [-0.25, -0.2) is 0 Å². The van der Waals surface area contributed by atoms with Crippen molar-refractivity contribution in [2.45, 2.75) is 20.4 Å². The smallest absolute Gasteiger partial charge is 0.120 e. The number of benzene rings is 1. The summed E-state index contributed by atoms with van der Waals surface area (Å²) in [7, 11) is 1.65. The van der Waals surface area contributed by atoms with E-state index in [1.807, 2.05) is 18.2 Å². The molecule has 0 fully saturated rings. The van der Waals surface area contributed by atoms with E-state index in [0.717, 1.165) is 34.5 Å². The summed E-state index contributed by atoms with van der Waals surface area (Å²) in [5.74, 6) is 0.806. The Morgan fingerprint density at radius 3 is 2.79 bits per heavy atom. The van der Waals surface area contributed by atoms with Crippen molar-refractivity contribution >= 4 is 22.7 Å². The van der Waals surface area contributed by atoms with E-state index in [4.69, 9.17) is 9.94 Å². The molecule has 0 amide bonds. The van der Waals surface area contributed by atoms with Gasteiger partial charge in [0.15, 0.2) is 0 Å². The maximum absolute atomic E-state index is 9.07. The van der Waals surface area contributed by atoms with Crippen molar-refractivity contribution in [1.29, 1.82) is 0 Å². The van der Waals surface area contributed by atoms with E-state index in [9.17, 15) is 0 Å². The lowest BCUT2D eigenvalue weighted by Gasteiger charge is -2.07. The number of aryl methyl sites for hydroxylation is 1. The van der Waals surface area contributed by atoms with Crippen LogP contribution < -0.4 is 4.74 Å². The maximum Gasteiger partial charge on any atom is 0.120 e. The highest BCUT2D eigenvalue weighted by Gasteiger charge is 2.17. The summed E-state index contributed by atoms with van der Waals surface area (Å²) in [6, 6.07) is 5.91. The molecule has 0 radical (unpaired) electrons. The number of fused-ring (bicyclic) bond motifs is 1. The predicted octanol–water partition coefficient (Wildman–Crippen LogP) is 3.51. The highest BCUT2D eigenvalue weighted by molar-refractivity contribution is 6.07. The summed E-state index contributed by atoms with van der Waals surface area (Å²) in [5.41, 5.74) is 3.50. The van der Waals surface area contributed by atoms with Crippen LogP contribution in [-0.2, 0) is 6.54 Å². The third-order valence-corrected chi connectivity index (χ3v) is 3.32. The van der Waals surface area contributed by atoms with Gasteiger partial charge >= 0.3 is 0 Å². The number of ether oxygens (including phenoxy) is 1. The molecule has 0 aliphatic heterocycles. The summed E-state index contributed by atoms with van der Waals surface area (Å²) in [6.45, 7) is 8.48. The molecule has 100 valence electrons. The van der Waals surface area contributed by atoms with Crippen LogP contribution in [0, 0.1) is 0 Å². The number of nitrogens with zero attached hydrogens (tertiary/aromatic N) is 2. The Kier molecular flexibility index (Phi) is 3.60. The number of aromatic nitrogens is 1. The molecular weight excluding hydrogens is 240 g/mol. The van der Waals surface area contributed by atoms with Crippen molar-refractivity contribution in [3.63, 3.8) is 0 Å². The van der Waals surface area contributed by atoms with Gasteiger partial charge < -0.3 is 14.5 Å². The Labute approximate surface area is 112 Å². The summed E-state index contributed by atoms with van der Waals surface area (Å²) in [5, 5.41) is 13.5. The Balaban J connectivity index is 2.90. The molecule has 2 aromatic rings. The third kappa shape index (κ3) is 1.99. The third-order valence-electron chi connectivity index (χ3n) is 3.32. The lowest BCUT2D eigenvalue weighted by atomic mass is 10.1. The monoisotopic (exact) mass is 258 g/mol. The maximum atomic E-state index is 9.07. The zero-order chi connectivity index (χ0) is 14.0. The van der Waals surface area contributed by atoms with Gasteiger partial charge in [-0.3, -0.25) is 0 Å². The van der Waals surface area contributed by atoms with Crippen molar-refractivity contribution in [2.24, 2.45) is 5.16 Å². The molecule has 0 bridgehead atoms. The standard InChI is InChI=1S/C15H18N2O2/c1-5-12-13-8-7-11(19-4)9-14(13)17(6-2)15(12)10(3)16-18/h5,7-9,18H,1,6H2,2-4H3/b16-10+. The quantitative estimate of drug-likeness (QED) is 0.518. The minimum absolute atomic E-state index is 0.576. The fourth-order valence-electron chi connectivity index (χ4n) is 2.46. The van der Waals surface area contributed by atoms with E-state index < -0.39 is 0 Å². The normalized spacial score (nSPS) is 11.8. The molecule has 1 heterocycles. The van der Waals surface area contributed by atoms with Gasteiger partial charge in [-0.1, -0.05) is 17.8 Å². The van der Waals surface area contributed by atoms with Crippen LogP contribution in [0.5, 0.6) is 5.75 Å². The van der Waals surface area contributed by atoms with Crippen molar-refractivity contribution in [3.05, 3.63) is 36.0 Å². The summed E-state index contributed by atoms with van der Waals surface area (Å²) in [6.07, 6.45) is 1.80. The van der Waals surface area contributed by atoms with Gasteiger partial charge in [0.1, 0.15) is 11.5 Å². The molecule has 0 saturated carbocycles. The zero-order valence-corrected chi connectivity index (χ0v) is 11.5. The van der Waals surface area contributed by atoms with Crippen LogP contribution in [0.25, 0.3) is 17.0 Å². The number of oxime groups is 1. The van der Waals surface area contributed by atoms with E-state index in [1.54, 1.807) is 20.1 Å². The van der Waals surface area contributed by atoms with Crippen LogP contribution in [0.4, 0.5) is 0 Å². The SMILES string of the molecule is C=Cc1c(/C(C)=N/O)n(CC)c2cc(OC)ccc12. The molecule has 19 heavy (non-hydrogen) atoms. The minimum Gasteiger partial charge on any atom is -0.497 e. The van der Waals surface area contributed by atoms with Crippen LogP contribution in [0.1, 0.15) is 25.1 Å². The molecule has 0 spiro atoms. The van der Waals surface area contributed by atoms with Crippen LogP contribution >= 0.6 is 0 Å². The van der Waals surface area contributed by atoms with Gasteiger partial charge in [0, 0.05) is 23.6 Å². The zero-order valence-electron chi connectivity index (χ0n) is 11.5. The fraction of sp³-hybridized carbons (Fsp3) is 0.267. The van der Waals surface area contributed by atoms with Gasteiger partial charge in [-0.05, 0) is 26.0 Å². The molecule has 0 aliphatic carbocycles. The summed E-state index contributed by atoms with van der Waals surface area (Å²) >= 11 is 0. The number of methoxy groups -OCH3 is 1. The van der Waals surface area contributed by atoms with E-state index in [2.05, 4.69) is 23.2 Å². The molecule has 2 rings (SSSR count). The highest BCUT2D eigenvalue weighted by atomic mass is 16.5. The molecule has 0 saturated heterocycles. The average Bonchev–Trinajstić information content (AvgIpc) is 2.78. The average molecular weight is 258 g/mol. The number of hydrogen-bond donors (Lipinski definition) is 1. The predicted molar refractivity (Wildman–Crippen MR) is 78.3 cm³/mol. The first kappa shape index (κ1) is 13.2. The molecule has 1 aromatic heterocycles. The van der Waals surface area contributed by atoms with Crippen LogP contribution in [0.15, 0.2) is 29.9 Å². The lowest BCUT2D eigenvalue weighted by Crippen LogP contribution is -2.07. The van der Waals surface area contributed by atoms with E-state index >= 15 is 0 Å². The lowest BCUT2D eigenvalue weighted by molar-refractivity contribution is 0.318. The molecule has 1 N–H and O–H groups in total. The Morgan fingerprint density at radius 2 is 2.26 bits per heavy atom. The second kappa shape index (κ2) is 5.18. The molecule has 4 nitrogen and oxygen atoms in total. The molecule has 0 atom stereocenters.